The summed E-state index contributed by atoms with van der Waals surface area (Å²) in [6.45, 7) is 7.27. The lowest BCUT2D eigenvalue weighted by Crippen LogP contribution is -2.41. The van der Waals surface area contributed by atoms with Crippen LogP contribution in [0.4, 0.5) is 0 Å². The van der Waals surface area contributed by atoms with Crippen molar-refractivity contribution in [3.05, 3.63) is 29.3 Å². The zero-order valence-electron chi connectivity index (χ0n) is 17.5. The second-order valence-corrected chi connectivity index (χ2v) is 8.87. The van der Waals surface area contributed by atoms with Gasteiger partial charge in [-0.3, -0.25) is 9.59 Å². The third kappa shape index (κ3) is 5.34. The Hall–Kier alpha value is -1.97. The molecule has 2 rings (SSSR count). The zero-order valence-corrected chi connectivity index (χ0v) is 18.3. The third-order valence-corrected chi connectivity index (χ3v) is 7.03. The highest BCUT2D eigenvalue weighted by Crippen LogP contribution is 2.24. The van der Waals surface area contributed by atoms with Crippen LogP contribution in [-0.4, -0.2) is 76.0 Å². The molecule has 29 heavy (non-hydrogen) atoms. The summed E-state index contributed by atoms with van der Waals surface area (Å²) in [6.07, 6.45) is 0.532. The van der Waals surface area contributed by atoms with Crippen molar-refractivity contribution in [2.75, 3.05) is 46.5 Å². The number of amides is 1. The van der Waals surface area contributed by atoms with Gasteiger partial charge in [0.1, 0.15) is 0 Å². The molecule has 162 valence electrons. The first-order chi connectivity index (χ1) is 13.8. The summed E-state index contributed by atoms with van der Waals surface area (Å²) >= 11 is 0. The van der Waals surface area contributed by atoms with E-state index in [-0.39, 0.29) is 22.9 Å². The van der Waals surface area contributed by atoms with E-state index in [0.717, 1.165) is 0 Å². The minimum absolute atomic E-state index is 0.157. The van der Waals surface area contributed by atoms with Gasteiger partial charge in [0.05, 0.1) is 31.1 Å². The summed E-state index contributed by atoms with van der Waals surface area (Å²) < 4.78 is 37.7. The molecular formula is C20H30N2O6S. The molecule has 1 atom stereocenters. The molecule has 1 fully saturated rings. The molecule has 0 spiro atoms. The van der Waals surface area contributed by atoms with Crippen molar-refractivity contribution in [2.45, 2.75) is 32.1 Å². The molecule has 1 saturated heterocycles. The summed E-state index contributed by atoms with van der Waals surface area (Å²) in [4.78, 5) is 26.4. The highest BCUT2D eigenvalue weighted by molar-refractivity contribution is 7.89. The summed E-state index contributed by atoms with van der Waals surface area (Å²) in [5.41, 5.74) is 0.951. The van der Waals surface area contributed by atoms with E-state index in [9.17, 15) is 18.0 Å². The van der Waals surface area contributed by atoms with Gasteiger partial charge in [-0.2, -0.15) is 4.31 Å². The lowest BCUT2D eigenvalue weighted by Gasteiger charge is -2.27. The van der Waals surface area contributed by atoms with Gasteiger partial charge in [0, 0.05) is 31.7 Å². The second kappa shape index (κ2) is 10.2. The lowest BCUT2D eigenvalue weighted by molar-refractivity contribution is -0.145. The van der Waals surface area contributed by atoms with Crippen molar-refractivity contribution in [1.29, 1.82) is 0 Å². The van der Waals surface area contributed by atoms with Crippen LogP contribution in [0.5, 0.6) is 0 Å². The number of benzene rings is 1. The molecule has 1 heterocycles. The number of aryl methyl sites for hydroxylation is 1. The van der Waals surface area contributed by atoms with Gasteiger partial charge < -0.3 is 14.4 Å². The average molecular weight is 427 g/mol. The molecule has 1 aliphatic rings. The van der Waals surface area contributed by atoms with E-state index < -0.39 is 21.9 Å². The number of hydrogen-bond donors (Lipinski definition) is 0. The van der Waals surface area contributed by atoms with E-state index in [1.54, 1.807) is 19.1 Å². The maximum Gasteiger partial charge on any atom is 0.310 e. The number of carbonyl (C=O) groups is 2. The van der Waals surface area contributed by atoms with Gasteiger partial charge in [-0.05, 0) is 31.0 Å². The molecule has 0 N–H and O–H groups in total. The Labute approximate surface area is 172 Å². The topological polar surface area (TPSA) is 93.2 Å². The number of esters is 1. The smallest absolute Gasteiger partial charge is 0.310 e. The SMILES string of the molecule is CCc1ccc(C(=O)N(CC)CC(C)C(=O)OC)cc1S(=O)(=O)N1CCOCC1. The van der Waals surface area contributed by atoms with Crippen LogP contribution in [-0.2, 0) is 30.7 Å². The average Bonchev–Trinajstić information content (AvgIpc) is 2.76. The molecule has 0 saturated carbocycles. The van der Waals surface area contributed by atoms with Gasteiger partial charge in [0.25, 0.3) is 5.91 Å². The monoisotopic (exact) mass is 426 g/mol. The molecule has 0 bridgehead atoms. The van der Waals surface area contributed by atoms with Gasteiger partial charge in [-0.15, -0.1) is 0 Å². The molecule has 8 nitrogen and oxygen atoms in total. The van der Waals surface area contributed by atoms with Crippen molar-refractivity contribution < 1.29 is 27.5 Å². The molecule has 0 aliphatic carbocycles. The van der Waals surface area contributed by atoms with Crippen molar-refractivity contribution in [3.8, 4) is 0 Å². The van der Waals surface area contributed by atoms with Gasteiger partial charge in [-0.25, -0.2) is 8.42 Å². The van der Waals surface area contributed by atoms with E-state index in [1.165, 1.54) is 22.4 Å². The highest BCUT2D eigenvalue weighted by Gasteiger charge is 2.30. The Balaban J connectivity index is 2.35. The fourth-order valence-electron chi connectivity index (χ4n) is 3.29. The number of hydrogen-bond acceptors (Lipinski definition) is 6. The van der Waals surface area contributed by atoms with Crippen molar-refractivity contribution in [3.63, 3.8) is 0 Å². The molecule has 1 aromatic rings. The van der Waals surface area contributed by atoms with Gasteiger partial charge in [-0.1, -0.05) is 19.9 Å². The molecule has 1 amide bonds. The summed E-state index contributed by atoms with van der Waals surface area (Å²) in [5, 5.41) is 0. The van der Waals surface area contributed by atoms with Crippen LogP contribution in [0.1, 0.15) is 36.7 Å². The minimum atomic E-state index is -3.73. The summed E-state index contributed by atoms with van der Waals surface area (Å²) in [5.74, 6) is -1.19. The minimum Gasteiger partial charge on any atom is -0.469 e. The predicted octanol–water partition coefficient (Wildman–Crippen LogP) is 1.54. The molecule has 0 radical (unpaired) electrons. The molecule has 9 heteroatoms. The highest BCUT2D eigenvalue weighted by atomic mass is 32.2. The number of ether oxygens (including phenoxy) is 2. The van der Waals surface area contributed by atoms with Crippen LogP contribution < -0.4 is 0 Å². The number of sulfonamides is 1. The first kappa shape index (κ1) is 23.3. The van der Waals surface area contributed by atoms with E-state index >= 15 is 0 Å². The number of nitrogens with zero attached hydrogens (tertiary/aromatic N) is 2. The van der Waals surface area contributed by atoms with E-state index in [1.807, 2.05) is 13.8 Å². The van der Waals surface area contributed by atoms with Crippen LogP contribution in [0, 0.1) is 5.92 Å². The molecule has 1 aliphatic heterocycles. The lowest BCUT2D eigenvalue weighted by atomic mass is 10.1. The van der Waals surface area contributed by atoms with E-state index in [2.05, 4.69) is 0 Å². The fraction of sp³-hybridized carbons (Fsp3) is 0.600. The Morgan fingerprint density at radius 1 is 1.24 bits per heavy atom. The number of carbonyl (C=O) groups excluding carboxylic acids is 2. The molecule has 0 aromatic heterocycles. The van der Waals surface area contributed by atoms with Crippen LogP contribution >= 0.6 is 0 Å². The molecular weight excluding hydrogens is 396 g/mol. The molecule has 1 unspecified atom stereocenters. The van der Waals surface area contributed by atoms with Crippen LogP contribution in [0.3, 0.4) is 0 Å². The summed E-state index contributed by atoms with van der Waals surface area (Å²) in [6, 6.07) is 4.79. The Bertz CT molecular complexity index is 833. The maximum atomic E-state index is 13.2. The zero-order chi connectivity index (χ0) is 21.6. The van der Waals surface area contributed by atoms with Gasteiger partial charge in [0.15, 0.2) is 0 Å². The predicted molar refractivity (Wildman–Crippen MR) is 108 cm³/mol. The molecule has 1 aromatic carbocycles. The van der Waals surface area contributed by atoms with Crippen LogP contribution in [0.25, 0.3) is 0 Å². The van der Waals surface area contributed by atoms with Crippen LogP contribution in [0.2, 0.25) is 0 Å². The Morgan fingerprint density at radius 3 is 2.45 bits per heavy atom. The largest absolute Gasteiger partial charge is 0.469 e. The normalized spacial score (nSPS) is 16.3. The van der Waals surface area contributed by atoms with Gasteiger partial charge in [0.2, 0.25) is 10.0 Å². The van der Waals surface area contributed by atoms with Crippen molar-refractivity contribution in [2.24, 2.45) is 5.92 Å². The fourth-order valence-corrected chi connectivity index (χ4v) is 5.02. The number of morpholine rings is 1. The third-order valence-electron chi connectivity index (χ3n) is 5.05. The second-order valence-electron chi connectivity index (χ2n) is 6.96. The quantitative estimate of drug-likeness (QED) is 0.586. The standard InChI is InChI=1S/C20H30N2O6S/c1-5-16-7-8-17(19(23)21(6-2)14-15(3)20(24)27-4)13-18(16)29(25,26)22-9-11-28-12-10-22/h7-8,13,15H,5-6,9-12,14H2,1-4H3. The van der Waals surface area contributed by atoms with Gasteiger partial charge >= 0.3 is 5.97 Å². The van der Waals surface area contributed by atoms with Crippen molar-refractivity contribution in [1.82, 2.24) is 9.21 Å². The Kier molecular flexibility index (Phi) is 8.18. The van der Waals surface area contributed by atoms with Crippen LogP contribution in [0.15, 0.2) is 23.1 Å². The first-order valence-corrected chi connectivity index (χ1v) is 11.3. The Morgan fingerprint density at radius 2 is 1.90 bits per heavy atom. The summed E-state index contributed by atoms with van der Waals surface area (Å²) in [7, 11) is -2.42. The first-order valence-electron chi connectivity index (χ1n) is 9.84. The van der Waals surface area contributed by atoms with E-state index in [4.69, 9.17) is 9.47 Å². The maximum absolute atomic E-state index is 13.2. The van der Waals surface area contributed by atoms with E-state index in [0.29, 0.717) is 44.8 Å². The van der Waals surface area contributed by atoms with Crippen molar-refractivity contribution >= 4 is 21.9 Å². The number of methoxy groups -OCH3 is 1. The number of rotatable bonds is 8.